The Kier molecular flexibility index (Phi) is 6.51. The van der Waals surface area contributed by atoms with Crippen molar-refractivity contribution in [3.63, 3.8) is 0 Å². The van der Waals surface area contributed by atoms with E-state index >= 15 is 0 Å². The van der Waals surface area contributed by atoms with Gasteiger partial charge in [0.05, 0.1) is 33.4 Å². The fraction of sp³-hybridized carbons (Fsp3) is 0.273. The van der Waals surface area contributed by atoms with Crippen molar-refractivity contribution >= 4 is 16.7 Å². The molecule has 7 nitrogen and oxygen atoms in total. The van der Waals surface area contributed by atoms with E-state index in [1.807, 2.05) is 36.4 Å². The number of carbonyl (C=O) groups is 1. The molecule has 0 atom stereocenters. The van der Waals surface area contributed by atoms with Crippen LogP contribution in [0.3, 0.4) is 0 Å². The van der Waals surface area contributed by atoms with Crippen LogP contribution in [0.15, 0.2) is 42.6 Å². The number of fused-ring (bicyclic) bond motifs is 1. The molecule has 0 bridgehead atoms. The zero-order chi connectivity index (χ0) is 20.8. The molecule has 1 N–H and O–H groups in total. The summed E-state index contributed by atoms with van der Waals surface area (Å²) in [6.45, 7) is -0.657. The standard InChI is InChI=1S/C22H23NO6/c1-26-16-6-4-5-14(7-16)8-19-18-11-21(28-3)20(27-2)10-17(18)15(12-23-19)9-22(25)29-13-24/h4-7,10-12,24H,8-9,13H2,1-3H3. The lowest BCUT2D eigenvalue weighted by atomic mass is 9.98. The third kappa shape index (κ3) is 4.57. The Morgan fingerprint density at radius 2 is 1.72 bits per heavy atom. The Morgan fingerprint density at radius 3 is 2.38 bits per heavy atom. The van der Waals surface area contributed by atoms with E-state index in [9.17, 15) is 4.79 Å². The summed E-state index contributed by atoms with van der Waals surface area (Å²) in [6, 6.07) is 11.5. The quantitative estimate of drug-likeness (QED) is 0.462. The van der Waals surface area contributed by atoms with Crippen molar-refractivity contribution in [2.45, 2.75) is 12.8 Å². The highest BCUT2D eigenvalue weighted by Crippen LogP contribution is 2.35. The van der Waals surface area contributed by atoms with E-state index in [0.717, 1.165) is 27.8 Å². The summed E-state index contributed by atoms with van der Waals surface area (Å²) < 4.78 is 20.8. The summed E-state index contributed by atoms with van der Waals surface area (Å²) >= 11 is 0. The van der Waals surface area contributed by atoms with Crippen molar-refractivity contribution in [3.05, 3.63) is 59.4 Å². The molecule has 0 radical (unpaired) electrons. The molecule has 2 aromatic carbocycles. The Balaban J connectivity index is 2.11. The second kappa shape index (κ2) is 9.25. The van der Waals surface area contributed by atoms with E-state index in [1.165, 1.54) is 0 Å². The minimum atomic E-state index is -0.657. The number of nitrogens with zero attached hydrogens (tertiary/aromatic N) is 1. The first-order valence-corrected chi connectivity index (χ1v) is 9.01. The van der Waals surface area contributed by atoms with E-state index in [2.05, 4.69) is 9.72 Å². The molecule has 0 saturated carbocycles. The van der Waals surface area contributed by atoms with Crippen molar-refractivity contribution in [2.75, 3.05) is 28.1 Å². The predicted octanol–water partition coefficient (Wildman–Crippen LogP) is 2.89. The van der Waals surface area contributed by atoms with E-state index < -0.39 is 12.8 Å². The maximum Gasteiger partial charge on any atom is 0.312 e. The molecule has 1 heterocycles. The minimum absolute atomic E-state index is 0.0149. The van der Waals surface area contributed by atoms with Gasteiger partial charge in [0.15, 0.2) is 18.3 Å². The average Bonchev–Trinajstić information content (AvgIpc) is 2.74. The van der Waals surface area contributed by atoms with Gasteiger partial charge in [-0.3, -0.25) is 9.78 Å². The van der Waals surface area contributed by atoms with Crippen LogP contribution in [0.1, 0.15) is 16.8 Å². The molecular formula is C22H23NO6. The highest BCUT2D eigenvalue weighted by molar-refractivity contribution is 5.93. The predicted molar refractivity (Wildman–Crippen MR) is 108 cm³/mol. The van der Waals surface area contributed by atoms with Crippen molar-refractivity contribution in [1.29, 1.82) is 0 Å². The lowest BCUT2D eigenvalue weighted by molar-refractivity contribution is -0.150. The molecule has 0 spiro atoms. The highest BCUT2D eigenvalue weighted by atomic mass is 16.6. The molecule has 0 amide bonds. The van der Waals surface area contributed by atoms with Gasteiger partial charge in [0.1, 0.15) is 5.75 Å². The Morgan fingerprint density at radius 1 is 1.00 bits per heavy atom. The normalized spacial score (nSPS) is 10.6. The first-order chi connectivity index (χ1) is 14.1. The van der Waals surface area contributed by atoms with Gasteiger partial charge in [-0.05, 0) is 40.8 Å². The molecule has 0 aliphatic carbocycles. The molecule has 0 aliphatic rings. The number of hydrogen-bond donors (Lipinski definition) is 1. The summed E-state index contributed by atoms with van der Waals surface area (Å²) in [5.41, 5.74) is 2.54. The number of aromatic nitrogens is 1. The summed E-state index contributed by atoms with van der Waals surface area (Å²) in [5.74, 6) is 1.36. The molecule has 7 heteroatoms. The maximum atomic E-state index is 11.9. The van der Waals surface area contributed by atoms with E-state index in [-0.39, 0.29) is 6.42 Å². The number of aliphatic hydroxyl groups excluding tert-OH is 1. The summed E-state index contributed by atoms with van der Waals surface area (Å²) in [4.78, 5) is 16.5. The first-order valence-electron chi connectivity index (χ1n) is 9.01. The number of methoxy groups -OCH3 is 3. The van der Waals surface area contributed by atoms with E-state index in [4.69, 9.17) is 19.3 Å². The number of pyridine rings is 1. The Labute approximate surface area is 168 Å². The maximum absolute atomic E-state index is 11.9. The zero-order valence-electron chi connectivity index (χ0n) is 16.6. The third-order valence-corrected chi connectivity index (χ3v) is 4.62. The van der Waals surface area contributed by atoms with Crippen LogP contribution in [0.2, 0.25) is 0 Å². The van der Waals surface area contributed by atoms with Crippen molar-refractivity contribution in [1.82, 2.24) is 4.98 Å². The number of esters is 1. The van der Waals surface area contributed by atoms with Gasteiger partial charge >= 0.3 is 5.97 Å². The van der Waals surface area contributed by atoms with Crippen molar-refractivity contribution in [2.24, 2.45) is 0 Å². The van der Waals surface area contributed by atoms with Crippen LogP contribution >= 0.6 is 0 Å². The molecular weight excluding hydrogens is 374 g/mol. The number of hydrogen-bond acceptors (Lipinski definition) is 7. The van der Waals surface area contributed by atoms with Crippen LogP contribution in [0.5, 0.6) is 17.2 Å². The molecule has 152 valence electrons. The SMILES string of the molecule is COc1cccc(Cc2ncc(CC(=O)OCO)c3cc(OC)c(OC)cc23)c1. The summed E-state index contributed by atoms with van der Waals surface area (Å²) in [5, 5.41) is 10.5. The van der Waals surface area contributed by atoms with Crippen LogP contribution in [0, 0.1) is 0 Å². The average molecular weight is 397 g/mol. The first kappa shape index (κ1) is 20.4. The molecule has 29 heavy (non-hydrogen) atoms. The number of aliphatic hydroxyl groups is 1. The molecule has 0 aliphatic heterocycles. The van der Waals surface area contributed by atoms with E-state index in [0.29, 0.717) is 23.5 Å². The fourth-order valence-corrected chi connectivity index (χ4v) is 3.21. The topological polar surface area (TPSA) is 87.1 Å². The van der Waals surface area contributed by atoms with Crippen LogP contribution in [0.4, 0.5) is 0 Å². The van der Waals surface area contributed by atoms with Gasteiger partial charge in [-0.1, -0.05) is 12.1 Å². The van der Waals surface area contributed by atoms with Crippen molar-refractivity contribution < 1.29 is 28.8 Å². The Bertz CT molecular complexity index is 1020. The van der Waals surface area contributed by atoms with Gasteiger partial charge in [0.25, 0.3) is 0 Å². The molecule has 0 unspecified atom stereocenters. The highest BCUT2D eigenvalue weighted by Gasteiger charge is 2.16. The van der Waals surface area contributed by atoms with Crippen LogP contribution in [-0.4, -0.2) is 44.2 Å². The lowest BCUT2D eigenvalue weighted by Crippen LogP contribution is -2.10. The fourth-order valence-electron chi connectivity index (χ4n) is 3.21. The van der Waals surface area contributed by atoms with Gasteiger partial charge in [-0.15, -0.1) is 0 Å². The van der Waals surface area contributed by atoms with Crippen LogP contribution in [0.25, 0.3) is 10.8 Å². The largest absolute Gasteiger partial charge is 0.497 e. The van der Waals surface area contributed by atoms with Crippen LogP contribution < -0.4 is 14.2 Å². The van der Waals surface area contributed by atoms with Gasteiger partial charge in [0, 0.05) is 18.0 Å². The zero-order valence-corrected chi connectivity index (χ0v) is 16.6. The smallest absolute Gasteiger partial charge is 0.312 e. The molecule has 0 saturated heterocycles. The Hall–Kier alpha value is -3.32. The van der Waals surface area contributed by atoms with Gasteiger partial charge < -0.3 is 24.1 Å². The lowest BCUT2D eigenvalue weighted by Gasteiger charge is -2.15. The third-order valence-electron chi connectivity index (χ3n) is 4.62. The second-order valence-corrected chi connectivity index (χ2v) is 6.33. The molecule has 3 aromatic rings. The van der Waals surface area contributed by atoms with Gasteiger partial charge in [0.2, 0.25) is 0 Å². The number of rotatable bonds is 8. The van der Waals surface area contributed by atoms with Gasteiger partial charge in [-0.2, -0.15) is 0 Å². The van der Waals surface area contributed by atoms with Crippen LogP contribution in [-0.2, 0) is 22.4 Å². The monoisotopic (exact) mass is 397 g/mol. The number of carbonyl (C=O) groups excluding carboxylic acids is 1. The minimum Gasteiger partial charge on any atom is -0.497 e. The summed E-state index contributed by atoms with van der Waals surface area (Å²) in [6.07, 6.45) is 2.21. The molecule has 3 rings (SSSR count). The second-order valence-electron chi connectivity index (χ2n) is 6.33. The summed E-state index contributed by atoms with van der Waals surface area (Å²) in [7, 11) is 4.76. The molecule has 0 fully saturated rings. The van der Waals surface area contributed by atoms with E-state index in [1.54, 1.807) is 27.5 Å². The molecule has 1 aromatic heterocycles. The van der Waals surface area contributed by atoms with Gasteiger partial charge in [-0.25, -0.2) is 0 Å². The number of benzene rings is 2. The van der Waals surface area contributed by atoms with Crippen molar-refractivity contribution in [3.8, 4) is 17.2 Å². The number of ether oxygens (including phenoxy) is 4.